The first-order valence-corrected chi connectivity index (χ1v) is 8.86. The number of sulfonamides is 1. The highest BCUT2D eigenvalue weighted by Gasteiger charge is 2.31. The van der Waals surface area contributed by atoms with Gasteiger partial charge in [0.25, 0.3) is 0 Å². The first-order chi connectivity index (χ1) is 8.82. The minimum Gasteiger partial charge on any atom is -0.229 e. The van der Waals surface area contributed by atoms with Crippen LogP contribution >= 0.6 is 0 Å². The zero-order valence-corrected chi connectivity index (χ0v) is 11.5. The summed E-state index contributed by atoms with van der Waals surface area (Å²) in [5, 5.41) is 8.64. The third kappa shape index (κ3) is 3.32. The molecule has 0 amide bonds. The van der Waals surface area contributed by atoms with Gasteiger partial charge in [0.15, 0.2) is 9.84 Å². The maximum absolute atomic E-state index is 12.0. The predicted molar refractivity (Wildman–Crippen MR) is 68.5 cm³/mol. The van der Waals surface area contributed by atoms with Gasteiger partial charge in [-0.15, -0.1) is 0 Å². The van der Waals surface area contributed by atoms with Crippen molar-refractivity contribution >= 4 is 19.9 Å². The normalized spacial score (nSPS) is 21.9. The van der Waals surface area contributed by atoms with Gasteiger partial charge in [0.2, 0.25) is 10.0 Å². The van der Waals surface area contributed by atoms with Crippen molar-refractivity contribution in [3.05, 3.63) is 29.8 Å². The summed E-state index contributed by atoms with van der Waals surface area (Å²) in [4.78, 5) is 0.0239. The number of rotatable bonds is 3. The van der Waals surface area contributed by atoms with Crippen LogP contribution in [-0.2, 0) is 19.9 Å². The van der Waals surface area contributed by atoms with Crippen molar-refractivity contribution in [2.45, 2.75) is 17.4 Å². The lowest BCUT2D eigenvalue weighted by molar-refractivity contribution is 0.562. The molecule has 1 aromatic carbocycles. The fraction of sp³-hybridized carbons (Fsp3) is 0.364. The predicted octanol–water partition coefficient (Wildman–Crippen LogP) is 0.0237. The molecule has 1 atom stereocenters. The molecule has 1 aliphatic heterocycles. The quantitative estimate of drug-likeness (QED) is 0.847. The standard InChI is InChI=1S/C11H12N2O4S2/c12-7-9-1-3-11(4-2-9)19(16,17)13-10-5-6-18(14,15)8-10/h1-4,10,13H,5-6,8H2/t10-/m0/s1. The molecule has 1 saturated heterocycles. The first-order valence-electron chi connectivity index (χ1n) is 5.55. The van der Waals surface area contributed by atoms with Crippen LogP contribution in [0.3, 0.4) is 0 Å². The van der Waals surface area contributed by atoms with E-state index in [1.807, 2.05) is 6.07 Å². The van der Waals surface area contributed by atoms with E-state index in [1.165, 1.54) is 24.3 Å². The molecule has 0 unspecified atom stereocenters. The number of benzene rings is 1. The Morgan fingerprint density at radius 2 is 1.89 bits per heavy atom. The molecule has 2 rings (SSSR count). The van der Waals surface area contributed by atoms with Gasteiger partial charge in [0.1, 0.15) is 0 Å². The van der Waals surface area contributed by atoms with Gasteiger partial charge in [-0.05, 0) is 30.7 Å². The minimum atomic E-state index is -3.74. The number of nitrogens with zero attached hydrogens (tertiary/aromatic N) is 1. The Labute approximate surface area is 112 Å². The van der Waals surface area contributed by atoms with E-state index in [-0.39, 0.29) is 22.8 Å². The molecule has 0 aromatic heterocycles. The summed E-state index contributed by atoms with van der Waals surface area (Å²) in [6, 6.07) is 6.77. The van der Waals surface area contributed by atoms with Crippen molar-refractivity contribution in [1.82, 2.24) is 4.72 Å². The molecule has 8 heteroatoms. The van der Waals surface area contributed by atoms with Crippen LogP contribution in [0.4, 0.5) is 0 Å². The van der Waals surface area contributed by atoms with E-state index in [4.69, 9.17) is 5.26 Å². The Morgan fingerprint density at radius 3 is 2.37 bits per heavy atom. The van der Waals surface area contributed by atoms with Crippen molar-refractivity contribution in [3.8, 4) is 6.07 Å². The highest BCUT2D eigenvalue weighted by atomic mass is 32.2. The molecular formula is C11H12N2O4S2. The monoisotopic (exact) mass is 300 g/mol. The molecule has 0 aliphatic carbocycles. The van der Waals surface area contributed by atoms with Gasteiger partial charge in [-0.1, -0.05) is 0 Å². The summed E-state index contributed by atoms with van der Waals surface area (Å²) in [7, 11) is -6.87. The van der Waals surface area contributed by atoms with E-state index in [0.29, 0.717) is 5.56 Å². The fourth-order valence-corrected chi connectivity index (χ4v) is 4.93. The minimum absolute atomic E-state index is 0.00750. The third-order valence-corrected chi connectivity index (χ3v) is 6.15. The molecule has 0 saturated carbocycles. The lowest BCUT2D eigenvalue weighted by atomic mass is 10.2. The van der Waals surface area contributed by atoms with E-state index in [9.17, 15) is 16.8 Å². The topological polar surface area (TPSA) is 104 Å². The van der Waals surface area contributed by atoms with Gasteiger partial charge in [0.05, 0.1) is 28.0 Å². The summed E-state index contributed by atoms with van der Waals surface area (Å²) in [5.41, 5.74) is 0.363. The Bertz CT molecular complexity index is 715. The molecule has 1 fully saturated rings. The fourth-order valence-electron chi connectivity index (χ4n) is 1.88. The van der Waals surface area contributed by atoms with E-state index < -0.39 is 25.9 Å². The molecule has 0 radical (unpaired) electrons. The van der Waals surface area contributed by atoms with Crippen LogP contribution < -0.4 is 4.72 Å². The van der Waals surface area contributed by atoms with Crippen molar-refractivity contribution < 1.29 is 16.8 Å². The molecule has 1 heterocycles. The molecule has 1 N–H and O–H groups in total. The van der Waals surface area contributed by atoms with E-state index in [2.05, 4.69) is 4.72 Å². The largest absolute Gasteiger partial charge is 0.240 e. The number of sulfone groups is 1. The highest BCUT2D eigenvalue weighted by Crippen LogP contribution is 2.16. The molecule has 102 valence electrons. The van der Waals surface area contributed by atoms with Crippen LogP contribution in [0, 0.1) is 11.3 Å². The second-order valence-electron chi connectivity index (χ2n) is 4.36. The Morgan fingerprint density at radius 1 is 1.26 bits per heavy atom. The third-order valence-electron chi connectivity index (χ3n) is 2.85. The summed E-state index contributed by atoms with van der Waals surface area (Å²) in [6.07, 6.45) is 0.290. The second kappa shape index (κ2) is 4.92. The Kier molecular flexibility index (Phi) is 3.62. The molecular weight excluding hydrogens is 288 g/mol. The Hall–Kier alpha value is -1.43. The van der Waals surface area contributed by atoms with E-state index >= 15 is 0 Å². The average molecular weight is 300 g/mol. The lowest BCUT2D eigenvalue weighted by Crippen LogP contribution is -2.35. The SMILES string of the molecule is N#Cc1ccc(S(=O)(=O)N[C@H]2CCS(=O)(=O)C2)cc1. The maximum atomic E-state index is 12.0. The van der Waals surface area contributed by atoms with Crippen molar-refractivity contribution in [2.24, 2.45) is 0 Å². The number of nitriles is 1. The van der Waals surface area contributed by atoms with Gasteiger partial charge in [-0.25, -0.2) is 21.6 Å². The van der Waals surface area contributed by atoms with Gasteiger partial charge >= 0.3 is 0 Å². The lowest BCUT2D eigenvalue weighted by Gasteiger charge is -2.11. The van der Waals surface area contributed by atoms with Crippen LogP contribution in [0.2, 0.25) is 0 Å². The van der Waals surface area contributed by atoms with E-state index in [1.54, 1.807) is 0 Å². The summed E-state index contributed by atoms with van der Waals surface area (Å²) < 4.78 is 48.9. The summed E-state index contributed by atoms with van der Waals surface area (Å²) in [6.45, 7) is 0. The van der Waals surface area contributed by atoms with Crippen molar-refractivity contribution in [3.63, 3.8) is 0 Å². The molecule has 0 bridgehead atoms. The number of hydrogen-bond acceptors (Lipinski definition) is 5. The van der Waals surface area contributed by atoms with Crippen LogP contribution in [-0.4, -0.2) is 34.4 Å². The van der Waals surface area contributed by atoms with Crippen molar-refractivity contribution in [2.75, 3.05) is 11.5 Å². The molecule has 6 nitrogen and oxygen atoms in total. The smallest absolute Gasteiger partial charge is 0.229 e. The van der Waals surface area contributed by atoms with Gasteiger partial charge in [-0.2, -0.15) is 5.26 Å². The Balaban J connectivity index is 2.17. The highest BCUT2D eigenvalue weighted by molar-refractivity contribution is 7.92. The summed E-state index contributed by atoms with van der Waals surface area (Å²) >= 11 is 0. The summed E-state index contributed by atoms with van der Waals surface area (Å²) in [5.74, 6) is -0.157. The molecule has 1 aromatic rings. The number of hydrogen-bond donors (Lipinski definition) is 1. The zero-order chi connectivity index (χ0) is 14.1. The van der Waals surface area contributed by atoms with Gasteiger partial charge in [0, 0.05) is 6.04 Å². The van der Waals surface area contributed by atoms with Gasteiger partial charge in [-0.3, -0.25) is 0 Å². The van der Waals surface area contributed by atoms with Gasteiger partial charge < -0.3 is 0 Å². The molecule has 19 heavy (non-hydrogen) atoms. The van der Waals surface area contributed by atoms with Crippen LogP contribution in [0.15, 0.2) is 29.2 Å². The average Bonchev–Trinajstić information content (AvgIpc) is 2.68. The van der Waals surface area contributed by atoms with Crippen LogP contribution in [0.5, 0.6) is 0 Å². The second-order valence-corrected chi connectivity index (χ2v) is 8.30. The number of nitrogens with one attached hydrogen (secondary N) is 1. The maximum Gasteiger partial charge on any atom is 0.240 e. The molecule has 1 aliphatic rings. The zero-order valence-electron chi connectivity index (χ0n) is 9.90. The van der Waals surface area contributed by atoms with E-state index in [0.717, 1.165) is 0 Å². The first kappa shape index (κ1) is 14.0. The van der Waals surface area contributed by atoms with Crippen LogP contribution in [0.25, 0.3) is 0 Å². The van der Waals surface area contributed by atoms with Crippen molar-refractivity contribution in [1.29, 1.82) is 5.26 Å². The van der Waals surface area contributed by atoms with Crippen LogP contribution in [0.1, 0.15) is 12.0 Å². The molecule has 0 spiro atoms.